The van der Waals surface area contributed by atoms with Crippen LogP contribution < -0.4 is 14.2 Å². The number of piperidine rings is 1. The van der Waals surface area contributed by atoms with E-state index in [9.17, 15) is 9.65 Å². The number of benzene rings is 2. The first-order valence-electron chi connectivity index (χ1n) is 11.5. The molecule has 2 aromatic carbocycles. The second kappa shape index (κ2) is 9.37. The highest BCUT2D eigenvalue weighted by Gasteiger charge is 2.42. The normalized spacial score (nSPS) is 20.0. The summed E-state index contributed by atoms with van der Waals surface area (Å²) >= 11 is 5.93. The van der Waals surface area contributed by atoms with Crippen LogP contribution in [0.4, 0.5) is 4.39 Å². The summed E-state index contributed by atoms with van der Waals surface area (Å²) in [6, 6.07) is 14.3. The Morgan fingerprint density at radius 2 is 2.03 bits per heavy atom. The van der Waals surface area contributed by atoms with Crippen LogP contribution in [0.5, 0.6) is 17.2 Å². The van der Waals surface area contributed by atoms with Gasteiger partial charge in [-0.25, -0.2) is 4.39 Å². The largest absolute Gasteiger partial charge is 0.495 e. The van der Waals surface area contributed by atoms with Crippen LogP contribution in [0.25, 0.3) is 0 Å². The smallest absolute Gasteiger partial charge is 0.278 e. The van der Waals surface area contributed by atoms with E-state index in [1.54, 1.807) is 38.4 Å². The molecule has 0 radical (unpaired) electrons. The van der Waals surface area contributed by atoms with Crippen molar-refractivity contribution >= 4 is 11.6 Å². The van der Waals surface area contributed by atoms with Gasteiger partial charge in [0.15, 0.2) is 11.5 Å². The minimum absolute atomic E-state index is 0.279. The minimum atomic E-state index is -1.26. The number of halogens is 2. The SMILES string of the molecule is COc1cnc(CN2CCC(c3cccc4c3OC(C)(c3ccc(Cl)cc3F)O4)CC2)c(C#N)c1. The van der Waals surface area contributed by atoms with Gasteiger partial charge in [-0.05, 0) is 56.1 Å². The molecule has 0 bridgehead atoms. The van der Waals surface area contributed by atoms with Crippen molar-refractivity contribution in [2.75, 3.05) is 20.2 Å². The van der Waals surface area contributed by atoms with Gasteiger partial charge in [0.25, 0.3) is 5.79 Å². The van der Waals surface area contributed by atoms with E-state index in [4.69, 9.17) is 25.8 Å². The summed E-state index contributed by atoms with van der Waals surface area (Å²) in [7, 11) is 1.56. The van der Waals surface area contributed by atoms with Crippen molar-refractivity contribution in [2.45, 2.75) is 38.0 Å². The van der Waals surface area contributed by atoms with E-state index in [0.717, 1.165) is 37.2 Å². The van der Waals surface area contributed by atoms with E-state index in [2.05, 4.69) is 22.0 Å². The number of rotatable bonds is 5. The summed E-state index contributed by atoms with van der Waals surface area (Å²) < 4.78 is 32.2. The summed E-state index contributed by atoms with van der Waals surface area (Å²) in [5.74, 6) is 0.415. The van der Waals surface area contributed by atoms with Crippen LogP contribution in [0.2, 0.25) is 5.02 Å². The topological polar surface area (TPSA) is 67.6 Å². The van der Waals surface area contributed by atoms with E-state index in [1.807, 2.05) is 12.1 Å². The van der Waals surface area contributed by atoms with E-state index < -0.39 is 11.6 Å². The molecule has 6 nitrogen and oxygen atoms in total. The average Bonchev–Trinajstić information content (AvgIpc) is 3.21. The molecule has 0 spiro atoms. The summed E-state index contributed by atoms with van der Waals surface area (Å²) in [6.07, 6.45) is 3.49. The highest BCUT2D eigenvalue weighted by atomic mass is 35.5. The number of hydrogen-bond acceptors (Lipinski definition) is 6. The number of aromatic nitrogens is 1. The summed E-state index contributed by atoms with van der Waals surface area (Å²) in [4.78, 5) is 6.74. The molecule has 5 rings (SSSR count). The number of ether oxygens (including phenoxy) is 3. The minimum Gasteiger partial charge on any atom is -0.495 e. The molecule has 8 heteroatoms. The molecule has 2 aliphatic heterocycles. The van der Waals surface area contributed by atoms with Gasteiger partial charge in [0.05, 0.1) is 30.1 Å². The molecule has 3 heterocycles. The Kier molecular flexibility index (Phi) is 6.26. The Morgan fingerprint density at radius 1 is 1.23 bits per heavy atom. The highest BCUT2D eigenvalue weighted by molar-refractivity contribution is 6.30. The Labute approximate surface area is 208 Å². The highest BCUT2D eigenvalue weighted by Crippen LogP contribution is 2.49. The van der Waals surface area contributed by atoms with E-state index in [0.29, 0.717) is 39.9 Å². The average molecular weight is 494 g/mol. The third-order valence-corrected chi connectivity index (χ3v) is 6.97. The maximum atomic E-state index is 14.7. The molecule has 1 aromatic heterocycles. The van der Waals surface area contributed by atoms with Gasteiger partial charge < -0.3 is 14.2 Å². The number of para-hydroxylation sites is 1. The number of nitriles is 1. The molecule has 0 saturated carbocycles. The van der Waals surface area contributed by atoms with Crippen molar-refractivity contribution in [1.82, 2.24) is 9.88 Å². The van der Waals surface area contributed by atoms with Crippen LogP contribution in [0, 0.1) is 17.1 Å². The van der Waals surface area contributed by atoms with E-state index >= 15 is 0 Å². The monoisotopic (exact) mass is 493 g/mol. The lowest BCUT2D eigenvalue weighted by Crippen LogP contribution is -2.34. The molecule has 0 amide bonds. The van der Waals surface area contributed by atoms with Crippen LogP contribution in [0.1, 0.15) is 48.1 Å². The maximum Gasteiger partial charge on any atom is 0.278 e. The maximum absolute atomic E-state index is 14.7. The summed E-state index contributed by atoms with van der Waals surface area (Å²) in [5.41, 5.74) is 2.66. The molecule has 1 fully saturated rings. The molecule has 35 heavy (non-hydrogen) atoms. The second-order valence-electron chi connectivity index (χ2n) is 8.98. The number of likely N-dealkylation sites (tertiary alicyclic amines) is 1. The van der Waals surface area contributed by atoms with Crippen LogP contribution in [-0.2, 0) is 12.3 Å². The number of fused-ring (bicyclic) bond motifs is 1. The molecular weight excluding hydrogens is 469 g/mol. The number of pyridine rings is 1. The molecular formula is C27H25ClFN3O3. The first-order valence-corrected chi connectivity index (χ1v) is 11.9. The van der Waals surface area contributed by atoms with Gasteiger partial charge >= 0.3 is 0 Å². The van der Waals surface area contributed by atoms with Gasteiger partial charge in [-0.2, -0.15) is 5.26 Å². The van der Waals surface area contributed by atoms with Crippen LogP contribution in [0.15, 0.2) is 48.7 Å². The predicted octanol–water partition coefficient (Wildman–Crippen LogP) is 5.78. The fourth-order valence-electron chi connectivity index (χ4n) is 4.86. The summed E-state index contributed by atoms with van der Waals surface area (Å²) in [6.45, 7) is 4.05. The Hall–Kier alpha value is -3.34. The lowest BCUT2D eigenvalue weighted by atomic mass is 9.88. The Bertz CT molecular complexity index is 1300. The zero-order valence-electron chi connectivity index (χ0n) is 19.6. The zero-order valence-corrected chi connectivity index (χ0v) is 20.3. The summed E-state index contributed by atoms with van der Waals surface area (Å²) in [5, 5.41) is 9.81. The molecule has 1 atom stereocenters. The van der Waals surface area contributed by atoms with Crippen molar-refractivity contribution in [1.29, 1.82) is 5.26 Å². The molecule has 3 aromatic rings. The molecule has 0 N–H and O–H groups in total. The van der Waals surface area contributed by atoms with E-state index in [-0.39, 0.29) is 5.92 Å². The van der Waals surface area contributed by atoms with Gasteiger partial charge in [0, 0.05) is 30.1 Å². The van der Waals surface area contributed by atoms with Crippen molar-refractivity contribution in [3.05, 3.63) is 81.9 Å². The fourth-order valence-corrected chi connectivity index (χ4v) is 5.02. The predicted molar refractivity (Wildman–Crippen MR) is 129 cm³/mol. The molecule has 1 saturated heterocycles. The Morgan fingerprint density at radius 3 is 2.74 bits per heavy atom. The first kappa shape index (κ1) is 23.4. The van der Waals surface area contributed by atoms with Gasteiger partial charge in [-0.1, -0.05) is 23.7 Å². The van der Waals surface area contributed by atoms with Crippen LogP contribution >= 0.6 is 11.6 Å². The number of hydrogen-bond donors (Lipinski definition) is 0. The zero-order chi connectivity index (χ0) is 24.6. The first-order chi connectivity index (χ1) is 16.9. The van der Waals surface area contributed by atoms with Gasteiger partial charge in [0.1, 0.15) is 17.6 Å². The number of nitrogens with zero attached hydrogens (tertiary/aromatic N) is 3. The lowest BCUT2D eigenvalue weighted by molar-refractivity contribution is -0.0712. The third kappa shape index (κ3) is 4.52. The van der Waals surface area contributed by atoms with Crippen molar-refractivity contribution < 1.29 is 18.6 Å². The van der Waals surface area contributed by atoms with Gasteiger partial charge in [0.2, 0.25) is 0 Å². The molecule has 1 unspecified atom stereocenters. The second-order valence-corrected chi connectivity index (χ2v) is 9.42. The van der Waals surface area contributed by atoms with Crippen molar-refractivity contribution in [3.8, 4) is 23.3 Å². The van der Waals surface area contributed by atoms with Crippen LogP contribution in [0.3, 0.4) is 0 Å². The van der Waals surface area contributed by atoms with Crippen molar-refractivity contribution in [2.24, 2.45) is 0 Å². The van der Waals surface area contributed by atoms with E-state index in [1.165, 1.54) is 6.07 Å². The van der Waals surface area contributed by atoms with Crippen molar-refractivity contribution in [3.63, 3.8) is 0 Å². The number of methoxy groups -OCH3 is 1. The fraction of sp³-hybridized carbons (Fsp3) is 0.333. The molecule has 180 valence electrons. The molecule has 0 aliphatic carbocycles. The van der Waals surface area contributed by atoms with Crippen LogP contribution in [-0.4, -0.2) is 30.1 Å². The third-order valence-electron chi connectivity index (χ3n) is 6.73. The Balaban J connectivity index is 1.30. The van der Waals surface area contributed by atoms with Gasteiger partial charge in [-0.3, -0.25) is 9.88 Å². The van der Waals surface area contributed by atoms with Gasteiger partial charge in [-0.15, -0.1) is 0 Å². The quantitative estimate of drug-likeness (QED) is 0.449. The molecule has 2 aliphatic rings. The standard InChI is InChI=1S/C27H25ClFN3O3/c1-27(22-7-6-19(28)13-23(22)29)34-25-5-3-4-21(26(25)35-27)17-8-10-32(11-9-17)16-24-18(14-30)12-20(33-2)15-31-24/h3-7,12-13,15,17H,8-11,16H2,1-2H3. The lowest BCUT2D eigenvalue weighted by Gasteiger charge is -2.32.